The molecule has 0 aliphatic carbocycles. The average molecular weight is 576 g/mol. The Labute approximate surface area is 247 Å². The minimum absolute atomic E-state index is 0.0644. The standard InChI is InChI=1S/C35H29NO7/c1-40-22-11-9-10-21(20-22)30(31-33(37)25-13-4-8-17-29(25)43-35(31)39)32-24(23-12-3-6-15-27(23)36-32)18-19-42-34(38)26-14-5-7-16-28(26)41-2/h3-17,20,30,36-37H,18-19H2,1-2H3. The lowest BCUT2D eigenvalue weighted by molar-refractivity contribution is 0.0505. The van der Waals surface area contributed by atoms with Crippen LogP contribution in [0.25, 0.3) is 21.9 Å². The summed E-state index contributed by atoms with van der Waals surface area (Å²) in [6.45, 7) is 0.0644. The Balaban J connectivity index is 1.48. The maximum atomic E-state index is 13.6. The fourth-order valence-corrected chi connectivity index (χ4v) is 5.57. The Morgan fingerprint density at radius 1 is 0.884 bits per heavy atom. The number of fused-ring (bicyclic) bond motifs is 2. The van der Waals surface area contributed by atoms with Gasteiger partial charge >= 0.3 is 11.6 Å². The van der Waals surface area contributed by atoms with Crippen LogP contribution in [0.1, 0.15) is 38.7 Å². The van der Waals surface area contributed by atoms with Crippen LogP contribution in [0.3, 0.4) is 0 Å². The Morgan fingerprint density at radius 3 is 2.44 bits per heavy atom. The molecule has 0 saturated carbocycles. The summed E-state index contributed by atoms with van der Waals surface area (Å²) >= 11 is 0. The Bertz CT molecular complexity index is 2010. The van der Waals surface area contributed by atoms with Crippen molar-refractivity contribution in [3.05, 3.63) is 135 Å². The largest absolute Gasteiger partial charge is 0.507 e. The highest BCUT2D eigenvalue weighted by Gasteiger charge is 2.31. The third kappa shape index (κ3) is 5.19. The summed E-state index contributed by atoms with van der Waals surface area (Å²) in [7, 11) is 3.07. The summed E-state index contributed by atoms with van der Waals surface area (Å²) in [5.41, 5.74) is 3.10. The molecule has 0 spiro atoms. The first-order valence-corrected chi connectivity index (χ1v) is 13.8. The number of aromatic nitrogens is 1. The van der Waals surface area contributed by atoms with E-state index in [9.17, 15) is 14.7 Å². The van der Waals surface area contributed by atoms with Gasteiger partial charge in [0, 0.05) is 23.0 Å². The van der Waals surface area contributed by atoms with Crippen molar-refractivity contribution in [2.45, 2.75) is 12.3 Å². The van der Waals surface area contributed by atoms with Crippen molar-refractivity contribution in [3.8, 4) is 17.2 Å². The first-order chi connectivity index (χ1) is 21.0. The maximum Gasteiger partial charge on any atom is 0.344 e. The van der Waals surface area contributed by atoms with Gasteiger partial charge in [-0.1, -0.05) is 54.6 Å². The molecule has 8 nitrogen and oxygen atoms in total. The van der Waals surface area contributed by atoms with E-state index in [1.165, 1.54) is 7.11 Å². The lowest BCUT2D eigenvalue weighted by Crippen LogP contribution is -2.17. The quantitative estimate of drug-likeness (QED) is 0.148. The number of rotatable bonds is 9. The van der Waals surface area contributed by atoms with Crippen LogP contribution < -0.4 is 15.1 Å². The number of methoxy groups -OCH3 is 2. The zero-order valence-electron chi connectivity index (χ0n) is 23.6. The van der Waals surface area contributed by atoms with Gasteiger partial charge in [0.05, 0.1) is 37.7 Å². The van der Waals surface area contributed by atoms with E-state index >= 15 is 0 Å². The van der Waals surface area contributed by atoms with Crippen LogP contribution >= 0.6 is 0 Å². The Morgan fingerprint density at radius 2 is 1.63 bits per heavy atom. The van der Waals surface area contributed by atoms with Gasteiger partial charge in [-0.15, -0.1) is 0 Å². The summed E-state index contributed by atoms with van der Waals surface area (Å²) in [5.74, 6) is -0.404. The second kappa shape index (κ2) is 11.8. The Kier molecular flexibility index (Phi) is 7.57. The van der Waals surface area contributed by atoms with Crippen molar-refractivity contribution in [1.82, 2.24) is 4.98 Å². The van der Waals surface area contributed by atoms with E-state index in [-0.39, 0.29) is 17.9 Å². The monoisotopic (exact) mass is 575 g/mol. The maximum absolute atomic E-state index is 13.6. The van der Waals surface area contributed by atoms with Gasteiger partial charge in [-0.05, 0) is 53.6 Å². The smallest absolute Gasteiger partial charge is 0.344 e. The lowest BCUT2D eigenvalue weighted by atomic mass is 9.85. The van der Waals surface area contributed by atoms with E-state index < -0.39 is 17.5 Å². The number of hydrogen-bond donors (Lipinski definition) is 2. The minimum atomic E-state index is -0.761. The van der Waals surface area contributed by atoms with Crippen molar-refractivity contribution >= 4 is 27.8 Å². The number of para-hydroxylation sites is 3. The van der Waals surface area contributed by atoms with Crippen molar-refractivity contribution in [3.63, 3.8) is 0 Å². The topological polar surface area (TPSA) is 111 Å². The highest BCUT2D eigenvalue weighted by Crippen LogP contribution is 2.41. The van der Waals surface area contributed by atoms with E-state index in [0.29, 0.717) is 45.7 Å². The van der Waals surface area contributed by atoms with Gasteiger partial charge in [-0.3, -0.25) is 0 Å². The van der Waals surface area contributed by atoms with E-state index in [4.69, 9.17) is 18.6 Å². The summed E-state index contributed by atoms with van der Waals surface area (Å²) in [6.07, 6.45) is 0.334. The van der Waals surface area contributed by atoms with Gasteiger partial charge in [0.25, 0.3) is 0 Å². The van der Waals surface area contributed by atoms with Crippen molar-refractivity contribution in [2.24, 2.45) is 0 Å². The van der Waals surface area contributed by atoms with Crippen LogP contribution in [0.5, 0.6) is 17.2 Å². The fraction of sp³-hybridized carbons (Fsp3) is 0.143. The van der Waals surface area contributed by atoms with Crippen LogP contribution in [-0.4, -0.2) is 36.9 Å². The number of esters is 1. The SMILES string of the molecule is COc1cccc(C(c2[nH]c3ccccc3c2CCOC(=O)c2ccccc2OC)c2c(O)c3ccccc3oc2=O)c1. The van der Waals surface area contributed by atoms with Gasteiger partial charge in [-0.25, -0.2) is 9.59 Å². The first-order valence-electron chi connectivity index (χ1n) is 13.8. The zero-order valence-corrected chi connectivity index (χ0v) is 23.6. The van der Waals surface area contributed by atoms with E-state index in [1.807, 2.05) is 48.5 Å². The van der Waals surface area contributed by atoms with E-state index in [1.54, 1.807) is 55.6 Å². The van der Waals surface area contributed by atoms with Crippen LogP contribution in [0.2, 0.25) is 0 Å². The van der Waals surface area contributed by atoms with Gasteiger partial charge in [0.15, 0.2) is 0 Å². The predicted molar refractivity (Wildman–Crippen MR) is 163 cm³/mol. The molecule has 1 unspecified atom stereocenters. The number of carbonyl (C=O) groups excluding carboxylic acids is 1. The number of aromatic hydroxyl groups is 1. The molecule has 0 aliphatic rings. The summed E-state index contributed by atoms with van der Waals surface area (Å²) in [5, 5.41) is 12.9. The zero-order chi connectivity index (χ0) is 29.9. The summed E-state index contributed by atoms with van der Waals surface area (Å²) in [4.78, 5) is 30.0. The van der Waals surface area contributed by atoms with Crippen molar-refractivity contribution in [1.29, 1.82) is 0 Å². The third-order valence-electron chi connectivity index (χ3n) is 7.58. The van der Waals surface area contributed by atoms with Crippen LogP contribution in [0.4, 0.5) is 0 Å². The number of ether oxygens (including phenoxy) is 3. The van der Waals surface area contributed by atoms with Gasteiger partial charge in [-0.2, -0.15) is 0 Å². The first kappa shape index (κ1) is 27.7. The average Bonchev–Trinajstić information content (AvgIpc) is 3.40. The van der Waals surface area contributed by atoms with Crippen LogP contribution in [0, 0.1) is 0 Å². The molecule has 8 heteroatoms. The molecule has 0 amide bonds. The van der Waals surface area contributed by atoms with Gasteiger partial charge in [0.2, 0.25) is 0 Å². The molecular weight excluding hydrogens is 546 g/mol. The second-order valence-corrected chi connectivity index (χ2v) is 10.0. The number of aromatic amines is 1. The molecule has 2 N–H and O–H groups in total. The second-order valence-electron chi connectivity index (χ2n) is 10.0. The molecule has 0 radical (unpaired) electrons. The van der Waals surface area contributed by atoms with E-state index in [0.717, 1.165) is 16.5 Å². The number of benzene rings is 4. The van der Waals surface area contributed by atoms with E-state index in [2.05, 4.69) is 4.98 Å². The Hall–Kier alpha value is -5.50. The molecule has 0 aliphatic heterocycles. The summed E-state index contributed by atoms with van der Waals surface area (Å²) < 4.78 is 22.2. The van der Waals surface area contributed by atoms with Gasteiger partial charge in [0.1, 0.15) is 28.4 Å². The molecule has 0 bridgehead atoms. The molecule has 0 saturated heterocycles. The molecular formula is C35H29NO7. The minimum Gasteiger partial charge on any atom is -0.507 e. The number of H-pyrrole nitrogens is 1. The number of nitrogens with one attached hydrogen (secondary N) is 1. The molecule has 6 aromatic rings. The predicted octanol–water partition coefficient (Wildman–Crippen LogP) is 6.58. The lowest BCUT2D eigenvalue weighted by Gasteiger charge is -2.20. The third-order valence-corrected chi connectivity index (χ3v) is 7.58. The fourth-order valence-electron chi connectivity index (χ4n) is 5.57. The molecule has 43 heavy (non-hydrogen) atoms. The van der Waals surface area contributed by atoms with Gasteiger partial charge < -0.3 is 28.7 Å². The van der Waals surface area contributed by atoms with Crippen molar-refractivity contribution < 1.29 is 28.5 Å². The number of carbonyl (C=O) groups is 1. The highest BCUT2D eigenvalue weighted by molar-refractivity contribution is 5.92. The molecule has 216 valence electrons. The molecule has 2 heterocycles. The number of hydrogen-bond acceptors (Lipinski definition) is 7. The highest BCUT2D eigenvalue weighted by atomic mass is 16.5. The normalized spacial score (nSPS) is 11.9. The molecule has 0 fully saturated rings. The van der Waals surface area contributed by atoms with Crippen LogP contribution in [0.15, 0.2) is 106 Å². The molecule has 1 atom stereocenters. The molecule has 2 aromatic heterocycles. The molecule has 6 rings (SSSR count). The summed E-state index contributed by atoms with van der Waals surface area (Å²) in [6, 6.07) is 28.8. The molecule has 4 aromatic carbocycles. The van der Waals surface area contributed by atoms with Crippen molar-refractivity contribution in [2.75, 3.05) is 20.8 Å². The van der Waals surface area contributed by atoms with Crippen LogP contribution in [-0.2, 0) is 11.2 Å².